The second kappa shape index (κ2) is 4.94. The minimum atomic E-state index is 0.402. The van der Waals surface area contributed by atoms with Crippen molar-refractivity contribution < 1.29 is 4.74 Å². The van der Waals surface area contributed by atoms with Gasteiger partial charge in [0.1, 0.15) is 6.10 Å². The Bertz CT molecular complexity index is 307. The van der Waals surface area contributed by atoms with Gasteiger partial charge in [-0.3, -0.25) is 0 Å². The van der Waals surface area contributed by atoms with Crippen LogP contribution < -0.4 is 10.1 Å². The van der Waals surface area contributed by atoms with Gasteiger partial charge in [0.05, 0.1) is 5.69 Å². The molecule has 1 aromatic rings. The van der Waals surface area contributed by atoms with Crippen LogP contribution in [0.4, 0.5) is 0 Å². The Balaban J connectivity index is 1.75. The molecule has 0 aliphatic heterocycles. The summed E-state index contributed by atoms with van der Waals surface area (Å²) in [6, 6.07) is 0. The van der Waals surface area contributed by atoms with Crippen LogP contribution in [-0.4, -0.2) is 24.7 Å². The highest BCUT2D eigenvalue weighted by atomic mass is 32.1. The predicted molar refractivity (Wildman–Crippen MR) is 62.6 cm³/mol. The van der Waals surface area contributed by atoms with Gasteiger partial charge in [-0.15, -0.1) is 0 Å². The molecule has 1 saturated carbocycles. The first-order valence-electron chi connectivity index (χ1n) is 5.57. The van der Waals surface area contributed by atoms with Crippen LogP contribution in [0.5, 0.6) is 5.19 Å². The van der Waals surface area contributed by atoms with E-state index in [1.165, 1.54) is 12.8 Å². The average molecular weight is 226 g/mol. The molecule has 1 aliphatic carbocycles. The van der Waals surface area contributed by atoms with E-state index in [-0.39, 0.29) is 0 Å². The number of nitrogens with one attached hydrogen (secondary N) is 1. The van der Waals surface area contributed by atoms with Gasteiger partial charge in [0.25, 0.3) is 5.19 Å². The Morgan fingerprint density at radius 3 is 3.00 bits per heavy atom. The third-order valence-electron chi connectivity index (χ3n) is 2.85. The highest BCUT2D eigenvalue weighted by molar-refractivity contribution is 7.11. The van der Waals surface area contributed by atoms with Gasteiger partial charge in [0.15, 0.2) is 0 Å². The average Bonchev–Trinajstić information content (AvgIpc) is 2.62. The fourth-order valence-corrected chi connectivity index (χ4v) is 2.69. The van der Waals surface area contributed by atoms with Crippen molar-refractivity contribution in [2.24, 2.45) is 5.92 Å². The zero-order valence-electron chi connectivity index (χ0n) is 9.32. The molecular weight excluding hydrogens is 208 g/mol. The van der Waals surface area contributed by atoms with Crippen LogP contribution >= 0.6 is 11.3 Å². The lowest BCUT2D eigenvalue weighted by atomic mass is 9.82. The molecule has 1 heterocycles. The molecule has 0 amide bonds. The minimum absolute atomic E-state index is 0.402. The number of ether oxygens (including phenoxy) is 1. The Hall–Kier alpha value is -0.610. The van der Waals surface area contributed by atoms with Crippen LogP contribution in [0.1, 0.15) is 25.5 Å². The lowest BCUT2D eigenvalue weighted by Gasteiger charge is -2.34. The van der Waals surface area contributed by atoms with E-state index in [9.17, 15) is 0 Å². The van der Waals surface area contributed by atoms with Gasteiger partial charge in [-0.1, -0.05) is 18.3 Å². The molecule has 84 valence electrons. The molecule has 1 N–H and O–H groups in total. The summed E-state index contributed by atoms with van der Waals surface area (Å²) in [6.07, 6.45) is 3.73. The van der Waals surface area contributed by atoms with Gasteiger partial charge in [-0.25, -0.2) is 4.98 Å². The number of hydrogen-bond donors (Lipinski definition) is 1. The molecule has 3 nitrogen and oxygen atoms in total. The fraction of sp³-hybridized carbons (Fsp3) is 0.727. The first-order valence-corrected chi connectivity index (χ1v) is 6.45. The summed E-state index contributed by atoms with van der Waals surface area (Å²) in [7, 11) is 2.00. The quantitative estimate of drug-likeness (QED) is 0.834. The molecule has 0 unspecified atom stereocenters. The standard InChI is InChI=1S/C11H18N2OS/c1-3-9-7-15-11(13-9)14-10-4-8(5-10)6-12-2/h7-8,10,12H,3-6H2,1-2H3. The first kappa shape index (κ1) is 10.9. The molecule has 0 saturated heterocycles. The van der Waals surface area contributed by atoms with Crippen molar-refractivity contribution >= 4 is 11.3 Å². The van der Waals surface area contributed by atoms with Crippen molar-refractivity contribution in [2.45, 2.75) is 32.3 Å². The van der Waals surface area contributed by atoms with Crippen molar-refractivity contribution in [3.8, 4) is 5.19 Å². The molecule has 1 aromatic heterocycles. The van der Waals surface area contributed by atoms with Gasteiger partial charge >= 0.3 is 0 Å². The van der Waals surface area contributed by atoms with E-state index < -0.39 is 0 Å². The third-order valence-corrected chi connectivity index (χ3v) is 3.62. The summed E-state index contributed by atoms with van der Waals surface area (Å²) < 4.78 is 5.79. The van der Waals surface area contributed by atoms with Crippen LogP contribution in [0.25, 0.3) is 0 Å². The second-order valence-electron chi connectivity index (χ2n) is 4.09. The van der Waals surface area contributed by atoms with Crippen LogP contribution in [0, 0.1) is 5.92 Å². The summed E-state index contributed by atoms with van der Waals surface area (Å²) >= 11 is 1.62. The van der Waals surface area contributed by atoms with Crippen LogP contribution in [-0.2, 0) is 6.42 Å². The normalized spacial score (nSPS) is 24.9. The van der Waals surface area contributed by atoms with E-state index in [2.05, 4.69) is 22.6 Å². The Morgan fingerprint density at radius 2 is 2.40 bits per heavy atom. The summed E-state index contributed by atoms with van der Waals surface area (Å²) in [6.45, 7) is 3.23. The summed E-state index contributed by atoms with van der Waals surface area (Å²) in [4.78, 5) is 4.40. The van der Waals surface area contributed by atoms with Crippen molar-refractivity contribution in [1.29, 1.82) is 0 Å². The molecule has 1 fully saturated rings. The molecule has 0 bridgehead atoms. The van der Waals surface area contributed by atoms with Gasteiger partial charge in [0.2, 0.25) is 0 Å². The van der Waals surface area contributed by atoms with Crippen molar-refractivity contribution in [3.05, 3.63) is 11.1 Å². The van der Waals surface area contributed by atoms with Gasteiger partial charge in [-0.05, 0) is 38.8 Å². The van der Waals surface area contributed by atoms with E-state index in [1.54, 1.807) is 11.3 Å². The smallest absolute Gasteiger partial charge is 0.273 e. The van der Waals surface area contributed by atoms with Crippen LogP contribution in [0.3, 0.4) is 0 Å². The van der Waals surface area contributed by atoms with E-state index >= 15 is 0 Å². The third kappa shape index (κ3) is 2.69. The van der Waals surface area contributed by atoms with E-state index in [0.717, 1.165) is 29.8 Å². The SMILES string of the molecule is CCc1csc(OC2CC(CNC)C2)n1. The van der Waals surface area contributed by atoms with Gasteiger partial charge < -0.3 is 10.1 Å². The number of aryl methyl sites for hydroxylation is 1. The van der Waals surface area contributed by atoms with E-state index in [4.69, 9.17) is 4.74 Å². The fourth-order valence-electron chi connectivity index (χ4n) is 1.87. The number of nitrogens with zero attached hydrogens (tertiary/aromatic N) is 1. The number of rotatable bonds is 5. The molecule has 15 heavy (non-hydrogen) atoms. The number of aromatic nitrogens is 1. The highest BCUT2D eigenvalue weighted by Crippen LogP contribution is 2.32. The molecular formula is C11H18N2OS. The summed E-state index contributed by atoms with van der Waals surface area (Å²) in [5.41, 5.74) is 1.14. The lowest BCUT2D eigenvalue weighted by Crippen LogP contribution is -2.38. The topological polar surface area (TPSA) is 34.1 Å². The Kier molecular flexibility index (Phi) is 3.59. The van der Waals surface area contributed by atoms with Crippen LogP contribution in [0.15, 0.2) is 5.38 Å². The molecule has 0 aromatic carbocycles. The predicted octanol–water partition coefficient (Wildman–Crippen LogP) is 2.08. The first-order chi connectivity index (χ1) is 7.31. The number of hydrogen-bond acceptors (Lipinski definition) is 4. The Labute approximate surface area is 94.9 Å². The van der Waals surface area contributed by atoms with Crippen molar-refractivity contribution in [1.82, 2.24) is 10.3 Å². The van der Waals surface area contributed by atoms with Crippen LogP contribution in [0.2, 0.25) is 0 Å². The monoisotopic (exact) mass is 226 g/mol. The zero-order chi connectivity index (χ0) is 10.7. The van der Waals surface area contributed by atoms with Gasteiger partial charge in [-0.2, -0.15) is 0 Å². The van der Waals surface area contributed by atoms with E-state index in [0.29, 0.717) is 6.10 Å². The molecule has 2 rings (SSSR count). The highest BCUT2D eigenvalue weighted by Gasteiger charge is 2.30. The van der Waals surface area contributed by atoms with Crippen molar-refractivity contribution in [2.75, 3.05) is 13.6 Å². The molecule has 0 radical (unpaired) electrons. The minimum Gasteiger partial charge on any atom is -0.467 e. The Morgan fingerprint density at radius 1 is 1.60 bits per heavy atom. The van der Waals surface area contributed by atoms with Crippen molar-refractivity contribution in [3.63, 3.8) is 0 Å². The maximum atomic E-state index is 5.79. The lowest BCUT2D eigenvalue weighted by molar-refractivity contribution is 0.0654. The van der Waals surface area contributed by atoms with Gasteiger partial charge in [0, 0.05) is 5.38 Å². The van der Waals surface area contributed by atoms with E-state index in [1.807, 2.05) is 7.05 Å². The maximum Gasteiger partial charge on any atom is 0.273 e. The molecule has 4 heteroatoms. The molecule has 1 aliphatic rings. The number of thiazole rings is 1. The molecule has 0 spiro atoms. The molecule has 0 atom stereocenters. The maximum absolute atomic E-state index is 5.79. The second-order valence-corrected chi connectivity index (χ2v) is 4.91. The largest absolute Gasteiger partial charge is 0.467 e. The summed E-state index contributed by atoms with van der Waals surface area (Å²) in [5, 5.41) is 6.13. The summed E-state index contributed by atoms with van der Waals surface area (Å²) in [5.74, 6) is 0.797. The zero-order valence-corrected chi connectivity index (χ0v) is 10.1.